The quantitative estimate of drug-likeness (QED) is 0.596. The van der Waals surface area contributed by atoms with Crippen LogP contribution in [0, 0.1) is 0 Å². The lowest BCUT2D eigenvalue weighted by molar-refractivity contribution is -0.311. The zero-order valence-electron chi connectivity index (χ0n) is 15.0. The molecule has 0 N–H and O–H groups in total. The van der Waals surface area contributed by atoms with Crippen LogP contribution in [0.15, 0.2) is 48.5 Å². The van der Waals surface area contributed by atoms with Crippen LogP contribution in [0.4, 0.5) is 0 Å². The minimum atomic E-state index is -1.25. The Hall–Kier alpha value is -3.42. The van der Waals surface area contributed by atoms with E-state index in [1.165, 1.54) is 0 Å². The van der Waals surface area contributed by atoms with Gasteiger partial charge in [-0.3, -0.25) is 0 Å². The fraction of sp³-hybridized carbons (Fsp3) is 0.263. The van der Waals surface area contributed by atoms with Crippen LogP contribution in [0.25, 0.3) is 11.4 Å². The van der Waals surface area contributed by atoms with Gasteiger partial charge in [0.05, 0.1) is 13.1 Å². The van der Waals surface area contributed by atoms with Gasteiger partial charge in [-0.2, -0.15) is 4.80 Å². The summed E-state index contributed by atoms with van der Waals surface area (Å²) in [5.74, 6) is 0.150. The summed E-state index contributed by atoms with van der Waals surface area (Å²) in [6, 6.07) is 14.1. The number of carbonyl (C=O) groups excluding carboxylic acids is 1. The Bertz CT molecular complexity index is 911. The Morgan fingerprint density at radius 2 is 1.96 bits per heavy atom. The first-order valence-corrected chi connectivity index (χ1v) is 8.48. The van der Waals surface area contributed by atoms with Crippen LogP contribution in [0.5, 0.6) is 11.5 Å². The maximum Gasteiger partial charge on any atom is 0.205 e. The SMILES string of the molecule is CC[C@H](C(=O)[O-])n1nnc(-c2ccc(OCc3ccccc3)c(OC)c2)n1. The topological polar surface area (TPSA) is 102 Å². The highest BCUT2D eigenvalue weighted by molar-refractivity contribution is 5.69. The van der Waals surface area contributed by atoms with Crippen molar-refractivity contribution in [2.24, 2.45) is 0 Å². The molecule has 0 fully saturated rings. The predicted octanol–water partition coefficient (Wildman–Crippen LogP) is 1.63. The molecule has 8 heteroatoms. The molecule has 3 aromatic rings. The summed E-state index contributed by atoms with van der Waals surface area (Å²) < 4.78 is 11.2. The van der Waals surface area contributed by atoms with Crippen LogP contribution in [0.2, 0.25) is 0 Å². The molecule has 140 valence electrons. The summed E-state index contributed by atoms with van der Waals surface area (Å²) in [6.07, 6.45) is 0.299. The van der Waals surface area contributed by atoms with Crippen molar-refractivity contribution >= 4 is 5.97 Å². The summed E-state index contributed by atoms with van der Waals surface area (Å²) >= 11 is 0. The third kappa shape index (κ3) is 4.22. The zero-order chi connectivity index (χ0) is 19.2. The lowest BCUT2D eigenvalue weighted by Gasteiger charge is -2.13. The monoisotopic (exact) mass is 367 g/mol. The molecule has 27 heavy (non-hydrogen) atoms. The lowest BCUT2D eigenvalue weighted by Crippen LogP contribution is -2.34. The second-order valence-electron chi connectivity index (χ2n) is 5.82. The number of nitrogens with zero attached hydrogens (tertiary/aromatic N) is 4. The summed E-state index contributed by atoms with van der Waals surface area (Å²) in [4.78, 5) is 12.2. The van der Waals surface area contributed by atoms with E-state index in [2.05, 4.69) is 15.4 Å². The maximum absolute atomic E-state index is 11.1. The van der Waals surface area contributed by atoms with E-state index in [0.29, 0.717) is 35.9 Å². The molecule has 0 saturated carbocycles. The van der Waals surface area contributed by atoms with Gasteiger partial charge in [-0.05, 0) is 35.4 Å². The fourth-order valence-electron chi connectivity index (χ4n) is 2.56. The molecule has 0 spiro atoms. The first kappa shape index (κ1) is 18.4. The van der Waals surface area contributed by atoms with Crippen molar-refractivity contribution in [2.45, 2.75) is 26.0 Å². The third-order valence-electron chi connectivity index (χ3n) is 4.02. The van der Waals surface area contributed by atoms with Crippen molar-refractivity contribution in [3.8, 4) is 22.9 Å². The van der Waals surface area contributed by atoms with E-state index in [1.54, 1.807) is 32.2 Å². The minimum absolute atomic E-state index is 0.294. The van der Waals surface area contributed by atoms with E-state index in [-0.39, 0.29) is 0 Å². The van der Waals surface area contributed by atoms with Gasteiger partial charge in [0.1, 0.15) is 12.6 Å². The number of carboxylic acid groups (broad SMARTS) is 1. The van der Waals surface area contributed by atoms with Crippen molar-refractivity contribution in [2.75, 3.05) is 7.11 Å². The maximum atomic E-state index is 11.1. The summed E-state index contributed by atoms with van der Waals surface area (Å²) in [6.45, 7) is 2.13. The molecule has 0 amide bonds. The molecule has 0 unspecified atom stereocenters. The van der Waals surface area contributed by atoms with Crippen molar-refractivity contribution in [1.29, 1.82) is 0 Å². The van der Waals surface area contributed by atoms with E-state index in [1.807, 2.05) is 30.3 Å². The molecule has 1 atom stereocenters. The Balaban J connectivity index is 1.80. The van der Waals surface area contributed by atoms with E-state index >= 15 is 0 Å². The predicted molar refractivity (Wildman–Crippen MR) is 94.9 cm³/mol. The molecule has 0 aliphatic rings. The normalized spacial score (nSPS) is 11.8. The summed E-state index contributed by atoms with van der Waals surface area (Å²) in [7, 11) is 1.54. The van der Waals surface area contributed by atoms with E-state index in [0.717, 1.165) is 10.4 Å². The van der Waals surface area contributed by atoms with Gasteiger partial charge in [0.2, 0.25) is 5.82 Å². The van der Waals surface area contributed by atoms with Crippen LogP contribution in [-0.2, 0) is 11.4 Å². The average molecular weight is 367 g/mol. The Kier molecular flexibility index (Phi) is 5.65. The molecule has 0 saturated heterocycles. The van der Waals surface area contributed by atoms with Gasteiger partial charge in [0, 0.05) is 5.56 Å². The number of tetrazole rings is 1. The van der Waals surface area contributed by atoms with Crippen LogP contribution < -0.4 is 14.6 Å². The van der Waals surface area contributed by atoms with E-state index in [9.17, 15) is 9.90 Å². The molecule has 1 heterocycles. The standard InChI is InChI=1S/C19H20N4O4/c1-3-15(19(24)25)23-21-18(20-22-23)14-9-10-16(17(11-14)26-2)27-12-13-7-5-4-6-8-13/h4-11,15H,3,12H2,1-2H3,(H,24,25)/p-1/t15-/m1/s1. The van der Waals surface area contributed by atoms with Crippen LogP contribution in [0.1, 0.15) is 24.9 Å². The highest BCUT2D eigenvalue weighted by Crippen LogP contribution is 2.32. The largest absolute Gasteiger partial charge is 0.548 e. The first-order valence-electron chi connectivity index (χ1n) is 8.48. The van der Waals surface area contributed by atoms with Crippen molar-refractivity contribution in [3.05, 3.63) is 54.1 Å². The molecular weight excluding hydrogens is 348 g/mol. The van der Waals surface area contributed by atoms with Gasteiger partial charge in [-0.25, -0.2) is 0 Å². The lowest BCUT2D eigenvalue weighted by atomic mass is 10.2. The Morgan fingerprint density at radius 1 is 1.19 bits per heavy atom. The van der Waals surface area contributed by atoms with Crippen molar-refractivity contribution < 1.29 is 19.4 Å². The molecule has 1 aromatic heterocycles. The number of benzene rings is 2. The number of hydrogen-bond donors (Lipinski definition) is 0. The Morgan fingerprint density at radius 3 is 2.63 bits per heavy atom. The summed E-state index contributed by atoms with van der Waals surface area (Å²) in [5.41, 5.74) is 1.68. The second-order valence-corrected chi connectivity index (χ2v) is 5.82. The number of carboxylic acids is 1. The Labute approximate surface area is 156 Å². The molecule has 8 nitrogen and oxygen atoms in total. The van der Waals surface area contributed by atoms with Gasteiger partial charge < -0.3 is 19.4 Å². The fourth-order valence-corrected chi connectivity index (χ4v) is 2.56. The van der Waals surface area contributed by atoms with Crippen LogP contribution in [0.3, 0.4) is 0 Å². The smallest absolute Gasteiger partial charge is 0.205 e. The van der Waals surface area contributed by atoms with Crippen LogP contribution >= 0.6 is 0 Å². The summed E-state index contributed by atoms with van der Waals surface area (Å²) in [5, 5.41) is 23.0. The molecule has 2 aromatic carbocycles. The minimum Gasteiger partial charge on any atom is -0.548 e. The number of ether oxygens (including phenoxy) is 2. The highest BCUT2D eigenvalue weighted by atomic mass is 16.5. The molecule has 3 rings (SSSR count). The number of rotatable bonds is 8. The van der Waals surface area contributed by atoms with Gasteiger partial charge in [-0.1, -0.05) is 37.3 Å². The number of hydrogen-bond acceptors (Lipinski definition) is 7. The molecule has 0 bridgehead atoms. The number of methoxy groups -OCH3 is 1. The first-order chi connectivity index (χ1) is 13.1. The van der Waals surface area contributed by atoms with Gasteiger partial charge in [-0.15, -0.1) is 10.2 Å². The molecule has 0 aliphatic heterocycles. The van der Waals surface area contributed by atoms with E-state index in [4.69, 9.17) is 9.47 Å². The second kappa shape index (κ2) is 8.31. The van der Waals surface area contributed by atoms with Gasteiger partial charge in [0.15, 0.2) is 11.5 Å². The van der Waals surface area contributed by atoms with Crippen molar-refractivity contribution in [3.63, 3.8) is 0 Å². The van der Waals surface area contributed by atoms with E-state index < -0.39 is 12.0 Å². The van der Waals surface area contributed by atoms with Gasteiger partial charge in [0.25, 0.3) is 0 Å². The number of aliphatic carboxylic acids is 1. The number of carbonyl (C=O) groups is 1. The molecular formula is C19H19N4O4-. The van der Waals surface area contributed by atoms with Gasteiger partial charge >= 0.3 is 0 Å². The zero-order valence-corrected chi connectivity index (χ0v) is 15.0. The van der Waals surface area contributed by atoms with Crippen LogP contribution in [-0.4, -0.2) is 33.3 Å². The molecule has 0 aliphatic carbocycles. The molecule has 0 radical (unpaired) electrons. The average Bonchev–Trinajstić information content (AvgIpc) is 3.17. The van der Waals surface area contributed by atoms with Crippen molar-refractivity contribution in [1.82, 2.24) is 20.2 Å². The highest BCUT2D eigenvalue weighted by Gasteiger charge is 2.16. The number of aromatic nitrogens is 4. The third-order valence-corrected chi connectivity index (χ3v) is 4.02.